The number of nitrogens with zero attached hydrogens (tertiary/aromatic N) is 1. The number of carbonyl (C=O) groups excluding carboxylic acids is 2. The fourth-order valence-corrected chi connectivity index (χ4v) is 1.99. The van der Waals surface area contributed by atoms with Crippen molar-refractivity contribution in [3.05, 3.63) is 58.5 Å². The molecule has 7 nitrogen and oxygen atoms in total. The van der Waals surface area contributed by atoms with Crippen LogP contribution in [0.4, 0.5) is 5.69 Å². The first kappa shape index (κ1) is 16.6. The van der Waals surface area contributed by atoms with Crippen LogP contribution < -0.4 is 14.8 Å². The summed E-state index contributed by atoms with van der Waals surface area (Å²) in [6, 6.07) is 8.98. The monoisotopic (exact) mass is 336 g/mol. The Morgan fingerprint density at radius 3 is 2.74 bits per heavy atom. The number of anilines is 1. The normalized spacial score (nSPS) is 10.0. The molecule has 120 valence electrons. The molecule has 0 bridgehead atoms. The van der Waals surface area contributed by atoms with Gasteiger partial charge in [-0.1, -0.05) is 11.6 Å². The van der Waals surface area contributed by atoms with Crippen molar-refractivity contribution in [1.82, 2.24) is 0 Å². The highest BCUT2D eigenvalue weighted by molar-refractivity contribution is 6.32. The van der Waals surface area contributed by atoms with Gasteiger partial charge in [0, 0.05) is 17.8 Å². The van der Waals surface area contributed by atoms with Crippen LogP contribution in [0, 0.1) is 5.21 Å². The zero-order valence-corrected chi connectivity index (χ0v) is 12.9. The van der Waals surface area contributed by atoms with Crippen LogP contribution in [0.15, 0.2) is 42.6 Å². The Hall–Kier alpha value is -2.80. The van der Waals surface area contributed by atoms with Gasteiger partial charge in [0.05, 0.1) is 12.1 Å². The second-order valence-electron chi connectivity index (χ2n) is 4.39. The summed E-state index contributed by atoms with van der Waals surface area (Å²) in [6.45, 7) is -0.530. The van der Waals surface area contributed by atoms with E-state index in [-0.39, 0.29) is 5.69 Å². The molecule has 1 aromatic heterocycles. The van der Waals surface area contributed by atoms with E-state index in [1.807, 2.05) is 0 Å². The van der Waals surface area contributed by atoms with Gasteiger partial charge in [-0.2, -0.15) is 4.73 Å². The van der Waals surface area contributed by atoms with Crippen molar-refractivity contribution in [3.8, 4) is 5.75 Å². The quantitative estimate of drug-likeness (QED) is 0.510. The second-order valence-corrected chi connectivity index (χ2v) is 4.79. The van der Waals surface area contributed by atoms with Crippen LogP contribution in [0.3, 0.4) is 0 Å². The zero-order chi connectivity index (χ0) is 16.8. The number of hydrogen-bond acceptors (Lipinski definition) is 5. The number of methoxy groups -OCH3 is 1. The number of amides is 1. The van der Waals surface area contributed by atoms with E-state index >= 15 is 0 Å². The maximum atomic E-state index is 11.8. The van der Waals surface area contributed by atoms with Crippen LogP contribution in [0.5, 0.6) is 5.75 Å². The first-order valence-electron chi connectivity index (χ1n) is 6.50. The lowest BCUT2D eigenvalue weighted by molar-refractivity contribution is -0.608. The molecule has 2 rings (SSSR count). The Morgan fingerprint density at radius 1 is 1.30 bits per heavy atom. The molecular weight excluding hydrogens is 324 g/mol. The van der Waals surface area contributed by atoms with Gasteiger partial charge in [-0.05, 0) is 24.3 Å². The van der Waals surface area contributed by atoms with Crippen molar-refractivity contribution in [3.63, 3.8) is 0 Å². The fourth-order valence-electron chi connectivity index (χ4n) is 1.73. The van der Waals surface area contributed by atoms with Gasteiger partial charge in [-0.3, -0.25) is 4.79 Å². The lowest BCUT2D eigenvalue weighted by atomic mass is 10.3. The van der Waals surface area contributed by atoms with Crippen LogP contribution in [0.2, 0.25) is 5.02 Å². The van der Waals surface area contributed by atoms with E-state index in [0.717, 1.165) is 6.20 Å². The number of rotatable bonds is 5. The molecule has 8 heteroatoms. The molecule has 0 aliphatic rings. The summed E-state index contributed by atoms with van der Waals surface area (Å²) >= 11 is 5.94. The highest BCUT2D eigenvalue weighted by Gasteiger charge is 2.18. The number of nitrogens with one attached hydrogen (secondary N) is 1. The summed E-state index contributed by atoms with van der Waals surface area (Å²) in [6.07, 6.45) is 1.16. The predicted octanol–water partition coefficient (Wildman–Crippen LogP) is 1.78. The molecule has 1 N–H and O–H groups in total. The number of carbonyl (C=O) groups is 2. The van der Waals surface area contributed by atoms with E-state index in [0.29, 0.717) is 21.2 Å². The molecular formula is C15H13ClN2O5. The highest BCUT2D eigenvalue weighted by atomic mass is 35.5. The smallest absolute Gasteiger partial charge is 0.405 e. The van der Waals surface area contributed by atoms with Gasteiger partial charge in [-0.15, -0.1) is 0 Å². The summed E-state index contributed by atoms with van der Waals surface area (Å²) in [5.41, 5.74) is 0.225. The van der Waals surface area contributed by atoms with E-state index in [1.54, 1.807) is 12.1 Å². The van der Waals surface area contributed by atoms with Crippen molar-refractivity contribution >= 4 is 29.2 Å². The summed E-state index contributed by atoms with van der Waals surface area (Å²) in [5.74, 6) is -0.975. The number of esters is 1. The summed E-state index contributed by atoms with van der Waals surface area (Å²) in [4.78, 5) is 23.5. The Morgan fingerprint density at radius 2 is 2.09 bits per heavy atom. The van der Waals surface area contributed by atoms with E-state index in [1.165, 1.54) is 31.4 Å². The van der Waals surface area contributed by atoms with E-state index < -0.39 is 18.5 Å². The number of pyridine rings is 1. The second kappa shape index (κ2) is 7.46. The molecule has 0 fully saturated rings. The van der Waals surface area contributed by atoms with Crippen LogP contribution in [-0.4, -0.2) is 25.6 Å². The maximum Gasteiger partial charge on any atom is 0.405 e. The number of hydrogen-bond donors (Lipinski definition) is 1. The molecule has 0 aliphatic heterocycles. The molecule has 0 radical (unpaired) electrons. The first-order chi connectivity index (χ1) is 11.0. The number of halogens is 1. The van der Waals surface area contributed by atoms with Crippen LogP contribution in [0.1, 0.15) is 10.5 Å². The molecule has 0 spiro atoms. The third-order valence-electron chi connectivity index (χ3n) is 2.80. The average molecular weight is 337 g/mol. The van der Waals surface area contributed by atoms with Crippen molar-refractivity contribution in [2.75, 3.05) is 19.0 Å². The summed E-state index contributed by atoms with van der Waals surface area (Å²) < 4.78 is 10.2. The maximum absolute atomic E-state index is 11.8. The Kier molecular flexibility index (Phi) is 5.37. The van der Waals surface area contributed by atoms with Gasteiger partial charge >= 0.3 is 11.7 Å². The van der Waals surface area contributed by atoms with Gasteiger partial charge in [0.15, 0.2) is 12.8 Å². The van der Waals surface area contributed by atoms with E-state index in [4.69, 9.17) is 21.1 Å². The SMILES string of the molecule is COc1ccc(NC(=O)COC(=O)c2cccc[n+]2[O-])cc1Cl. The molecule has 0 unspecified atom stereocenters. The van der Waals surface area contributed by atoms with E-state index in [2.05, 4.69) is 5.32 Å². The molecule has 1 amide bonds. The first-order valence-corrected chi connectivity index (χ1v) is 6.88. The molecule has 0 aliphatic carbocycles. The molecule has 1 aromatic carbocycles. The van der Waals surface area contributed by atoms with Gasteiger partial charge in [-0.25, -0.2) is 4.79 Å². The van der Waals surface area contributed by atoms with Gasteiger partial charge in [0.1, 0.15) is 5.75 Å². The third kappa shape index (κ3) is 4.33. The van der Waals surface area contributed by atoms with Crippen molar-refractivity contribution in [2.24, 2.45) is 0 Å². The fraction of sp³-hybridized carbons (Fsp3) is 0.133. The minimum absolute atomic E-state index is 0.201. The minimum Gasteiger partial charge on any atom is -0.618 e. The van der Waals surface area contributed by atoms with Crippen LogP contribution in [-0.2, 0) is 9.53 Å². The van der Waals surface area contributed by atoms with Crippen molar-refractivity contribution < 1.29 is 23.8 Å². The molecule has 0 saturated carbocycles. The minimum atomic E-state index is -0.886. The summed E-state index contributed by atoms with van der Waals surface area (Å²) in [7, 11) is 1.48. The average Bonchev–Trinajstić information content (AvgIpc) is 2.53. The Labute approximate surface area is 137 Å². The predicted molar refractivity (Wildman–Crippen MR) is 82.3 cm³/mol. The molecule has 2 aromatic rings. The van der Waals surface area contributed by atoms with E-state index in [9.17, 15) is 14.8 Å². The van der Waals surface area contributed by atoms with Gasteiger partial charge < -0.3 is 20.0 Å². The zero-order valence-electron chi connectivity index (χ0n) is 12.1. The highest BCUT2D eigenvalue weighted by Crippen LogP contribution is 2.27. The lowest BCUT2D eigenvalue weighted by Gasteiger charge is -2.08. The molecule has 23 heavy (non-hydrogen) atoms. The van der Waals surface area contributed by atoms with Crippen LogP contribution >= 0.6 is 11.6 Å². The summed E-state index contributed by atoms with van der Waals surface area (Å²) in [5, 5.41) is 14.2. The number of ether oxygens (including phenoxy) is 2. The van der Waals surface area contributed by atoms with Crippen molar-refractivity contribution in [1.29, 1.82) is 0 Å². The molecule has 1 heterocycles. The largest absolute Gasteiger partial charge is 0.618 e. The molecule has 0 atom stereocenters. The molecule has 0 saturated heterocycles. The standard InChI is InChI=1S/C15H13ClN2O5/c1-22-13-6-5-10(8-11(13)16)17-14(19)9-23-15(20)12-4-2-3-7-18(12)21/h2-8H,9H2,1H3,(H,17,19). The van der Waals surface area contributed by atoms with Gasteiger partial charge in [0.25, 0.3) is 5.91 Å². The Balaban J connectivity index is 1.91. The van der Waals surface area contributed by atoms with Gasteiger partial charge in [0.2, 0.25) is 0 Å². The number of benzene rings is 1. The third-order valence-corrected chi connectivity index (χ3v) is 3.10. The number of aromatic nitrogens is 1. The van der Waals surface area contributed by atoms with Crippen LogP contribution in [0.25, 0.3) is 0 Å². The Bertz CT molecular complexity index is 736. The topological polar surface area (TPSA) is 91.6 Å². The lowest BCUT2D eigenvalue weighted by Crippen LogP contribution is -2.35. The van der Waals surface area contributed by atoms with Crippen molar-refractivity contribution in [2.45, 2.75) is 0 Å².